The minimum absolute atomic E-state index is 0.114. The monoisotopic (exact) mass is 189 g/mol. The van der Waals surface area contributed by atoms with E-state index in [-0.39, 0.29) is 6.61 Å². The molecule has 0 radical (unpaired) electrons. The molecule has 74 valence electrons. The van der Waals surface area contributed by atoms with E-state index in [9.17, 15) is 0 Å². The summed E-state index contributed by atoms with van der Waals surface area (Å²) in [7, 11) is 0. The molecule has 0 spiro atoms. The van der Waals surface area contributed by atoms with Crippen LogP contribution in [0.3, 0.4) is 0 Å². The van der Waals surface area contributed by atoms with Crippen molar-refractivity contribution in [2.75, 3.05) is 6.61 Å². The van der Waals surface area contributed by atoms with Gasteiger partial charge in [-0.25, -0.2) is 0 Å². The van der Waals surface area contributed by atoms with E-state index in [1.807, 2.05) is 18.2 Å². The van der Waals surface area contributed by atoms with Crippen LogP contribution in [0.1, 0.15) is 30.9 Å². The third kappa shape index (κ3) is 2.50. The van der Waals surface area contributed by atoms with Crippen molar-refractivity contribution in [3.63, 3.8) is 0 Å². The van der Waals surface area contributed by atoms with Gasteiger partial charge >= 0.3 is 0 Å². The first kappa shape index (κ1) is 10.6. The minimum atomic E-state index is 0.114. The van der Waals surface area contributed by atoms with E-state index in [1.165, 1.54) is 11.1 Å². The number of nitriles is 1. The molecule has 0 heterocycles. The number of benzene rings is 1. The first-order valence-electron chi connectivity index (χ1n) is 4.75. The van der Waals surface area contributed by atoms with Gasteiger partial charge in [0.15, 0.2) is 6.61 Å². The highest BCUT2D eigenvalue weighted by molar-refractivity contribution is 5.39. The molecule has 0 unspecified atom stereocenters. The Morgan fingerprint density at radius 3 is 2.71 bits per heavy atom. The van der Waals surface area contributed by atoms with Crippen molar-refractivity contribution in [2.24, 2.45) is 0 Å². The summed E-state index contributed by atoms with van der Waals surface area (Å²) < 4.78 is 5.34. The fourth-order valence-electron chi connectivity index (χ4n) is 1.36. The largest absolute Gasteiger partial charge is 0.478 e. The van der Waals surface area contributed by atoms with E-state index >= 15 is 0 Å². The highest BCUT2D eigenvalue weighted by Crippen LogP contribution is 2.27. The fraction of sp³-hybridized carbons (Fsp3) is 0.417. The van der Waals surface area contributed by atoms with Crippen LogP contribution in [0, 0.1) is 18.3 Å². The van der Waals surface area contributed by atoms with Crippen molar-refractivity contribution >= 4 is 0 Å². The summed E-state index contributed by atoms with van der Waals surface area (Å²) in [5, 5.41) is 8.44. The molecule has 14 heavy (non-hydrogen) atoms. The number of nitrogens with zero attached hydrogens (tertiary/aromatic N) is 1. The first-order chi connectivity index (χ1) is 6.65. The summed E-state index contributed by atoms with van der Waals surface area (Å²) >= 11 is 0. The van der Waals surface area contributed by atoms with Crippen LogP contribution in [0.5, 0.6) is 5.75 Å². The molecule has 1 aromatic rings. The van der Waals surface area contributed by atoms with Gasteiger partial charge in [0.2, 0.25) is 0 Å². The summed E-state index contributed by atoms with van der Waals surface area (Å²) in [5.74, 6) is 1.25. The summed E-state index contributed by atoms with van der Waals surface area (Å²) in [6.45, 7) is 6.41. The lowest BCUT2D eigenvalue weighted by atomic mass is 10.00. The van der Waals surface area contributed by atoms with Crippen LogP contribution in [-0.2, 0) is 0 Å². The van der Waals surface area contributed by atoms with Gasteiger partial charge in [-0.05, 0) is 24.5 Å². The molecule has 0 aromatic heterocycles. The molecule has 0 saturated heterocycles. The van der Waals surface area contributed by atoms with E-state index in [2.05, 4.69) is 26.8 Å². The van der Waals surface area contributed by atoms with Crippen LogP contribution in [0.2, 0.25) is 0 Å². The predicted molar refractivity (Wildman–Crippen MR) is 56.4 cm³/mol. The van der Waals surface area contributed by atoms with E-state index in [0.29, 0.717) is 5.92 Å². The van der Waals surface area contributed by atoms with Crippen LogP contribution in [0.25, 0.3) is 0 Å². The van der Waals surface area contributed by atoms with E-state index in [1.54, 1.807) is 0 Å². The number of ether oxygens (including phenoxy) is 1. The number of hydrogen-bond acceptors (Lipinski definition) is 2. The van der Waals surface area contributed by atoms with E-state index < -0.39 is 0 Å². The van der Waals surface area contributed by atoms with Crippen molar-refractivity contribution in [1.29, 1.82) is 5.26 Å². The van der Waals surface area contributed by atoms with Crippen LogP contribution in [0.4, 0.5) is 0 Å². The average molecular weight is 189 g/mol. The Morgan fingerprint density at radius 1 is 1.43 bits per heavy atom. The SMILES string of the molecule is Cc1ccc(OCC#N)c(C(C)C)c1. The second-order valence-electron chi connectivity index (χ2n) is 3.64. The lowest BCUT2D eigenvalue weighted by Gasteiger charge is -2.12. The lowest BCUT2D eigenvalue weighted by Crippen LogP contribution is -1.99. The molecule has 1 rings (SSSR count). The van der Waals surface area contributed by atoms with E-state index in [4.69, 9.17) is 10.00 Å². The van der Waals surface area contributed by atoms with Crippen molar-refractivity contribution in [3.8, 4) is 11.8 Å². The maximum absolute atomic E-state index is 8.44. The van der Waals surface area contributed by atoms with Crippen molar-refractivity contribution in [2.45, 2.75) is 26.7 Å². The Morgan fingerprint density at radius 2 is 2.14 bits per heavy atom. The van der Waals surface area contributed by atoms with Crippen LogP contribution in [-0.4, -0.2) is 6.61 Å². The lowest BCUT2D eigenvalue weighted by molar-refractivity contribution is 0.362. The molecular weight excluding hydrogens is 174 g/mol. The molecule has 0 N–H and O–H groups in total. The Labute approximate surface area is 85.1 Å². The normalized spacial score (nSPS) is 9.93. The molecule has 0 atom stereocenters. The molecule has 0 saturated carbocycles. The Balaban J connectivity index is 2.97. The number of aryl methyl sites for hydroxylation is 1. The van der Waals surface area contributed by atoms with Gasteiger partial charge in [0, 0.05) is 0 Å². The third-order valence-corrected chi connectivity index (χ3v) is 2.08. The van der Waals surface area contributed by atoms with Crippen molar-refractivity contribution in [1.82, 2.24) is 0 Å². The number of hydrogen-bond donors (Lipinski definition) is 0. The van der Waals surface area contributed by atoms with Gasteiger partial charge < -0.3 is 4.74 Å². The summed E-state index contributed by atoms with van der Waals surface area (Å²) in [4.78, 5) is 0. The Kier molecular flexibility index (Phi) is 3.53. The summed E-state index contributed by atoms with van der Waals surface area (Å²) in [5.41, 5.74) is 2.39. The molecule has 2 nitrogen and oxygen atoms in total. The molecule has 0 aliphatic heterocycles. The standard InChI is InChI=1S/C12H15NO/c1-9(2)11-8-10(3)4-5-12(11)14-7-6-13/h4-5,8-9H,7H2,1-3H3. The zero-order valence-electron chi connectivity index (χ0n) is 8.87. The smallest absolute Gasteiger partial charge is 0.174 e. The second kappa shape index (κ2) is 4.66. The maximum Gasteiger partial charge on any atom is 0.174 e. The van der Waals surface area contributed by atoms with Crippen molar-refractivity contribution in [3.05, 3.63) is 29.3 Å². The van der Waals surface area contributed by atoms with Gasteiger partial charge in [0.05, 0.1) is 0 Å². The summed E-state index contributed by atoms with van der Waals surface area (Å²) in [6, 6.07) is 8.01. The van der Waals surface area contributed by atoms with Crippen LogP contribution < -0.4 is 4.74 Å². The molecule has 0 bridgehead atoms. The number of rotatable bonds is 3. The highest BCUT2D eigenvalue weighted by Gasteiger charge is 2.07. The quantitative estimate of drug-likeness (QED) is 0.732. The molecule has 0 fully saturated rings. The topological polar surface area (TPSA) is 33.0 Å². The third-order valence-electron chi connectivity index (χ3n) is 2.08. The Hall–Kier alpha value is -1.49. The molecule has 2 heteroatoms. The fourth-order valence-corrected chi connectivity index (χ4v) is 1.36. The zero-order valence-corrected chi connectivity index (χ0v) is 8.87. The predicted octanol–water partition coefficient (Wildman–Crippen LogP) is 3.02. The second-order valence-corrected chi connectivity index (χ2v) is 3.64. The molecule has 1 aromatic carbocycles. The average Bonchev–Trinajstić information content (AvgIpc) is 2.15. The molecule has 0 aliphatic carbocycles. The summed E-state index contributed by atoms with van der Waals surface area (Å²) in [6.07, 6.45) is 0. The van der Waals surface area contributed by atoms with E-state index in [0.717, 1.165) is 5.75 Å². The molecule has 0 amide bonds. The van der Waals surface area contributed by atoms with Gasteiger partial charge in [-0.15, -0.1) is 0 Å². The molecular formula is C12H15NO. The maximum atomic E-state index is 8.44. The van der Waals surface area contributed by atoms with Crippen LogP contribution >= 0.6 is 0 Å². The zero-order chi connectivity index (χ0) is 10.6. The van der Waals surface area contributed by atoms with Gasteiger partial charge in [-0.3, -0.25) is 0 Å². The van der Waals surface area contributed by atoms with Gasteiger partial charge in [0.25, 0.3) is 0 Å². The first-order valence-corrected chi connectivity index (χ1v) is 4.75. The van der Waals surface area contributed by atoms with Gasteiger partial charge in [0.1, 0.15) is 11.8 Å². The van der Waals surface area contributed by atoms with Crippen LogP contribution in [0.15, 0.2) is 18.2 Å². The Bertz CT molecular complexity index is 350. The minimum Gasteiger partial charge on any atom is -0.478 e. The highest BCUT2D eigenvalue weighted by atomic mass is 16.5. The van der Waals surface area contributed by atoms with Gasteiger partial charge in [-0.1, -0.05) is 31.5 Å². The van der Waals surface area contributed by atoms with Gasteiger partial charge in [-0.2, -0.15) is 5.26 Å². The molecule has 0 aliphatic rings. The van der Waals surface area contributed by atoms with Crippen molar-refractivity contribution < 1.29 is 4.74 Å².